The fourth-order valence-electron chi connectivity index (χ4n) is 3.39. The summed E-state index contributed by atoms with van der Waals surface area (Å²) in [5.41, 5.74) is 3.31. The molecule has 0 radical (unpaired) electrons. The number of benzene rings is 1. The molecule has 2 aromatic rings. The maximum absolute atomic E-state index is 11.7. The van der Waals surface area contributed by atoms with Crippen molar-refractivity contribution in [3.05, 3.63) is 57.3 Å². The van der Waals surface area contributed by atoms with Gasteiger partial charge in [-0.1, -0.05) is 12.1 Å². The molecular weight excluding hydrogens is 370 g/mol. The summed E-state index contributed by atoms with van der Waals surface area (Å²) in [5, 5.41) is 11.6. The molecule has 0 saturated heterocycles. The topological polar surface area (TPSA) is 68.8 Å². The summed E-state index contributed by atoms with van der Waals surface area (Å²) in [7, 11) is 3.44. The summed E-state index contributed by atoms with van der Waals surface area (Å²) in [6.45, 7) is 4.81. The van der Waals surface area contributed by atoms with Gasteiger partial charge in [0.2, 0.25) is 0 Å². The first-order chi connectivity index (χ1) is 13.7. The Bertz CT molecular complexity index is 817. The van der Waals surface area contributed by atoms with Gasteiger partial charge in [-0.25, -0.2) is 0 Å². The number of amides is 1. The third-order valence-corrected chi connectivity index (χ3v) is 5.98. The molecule has 0 fully saturated rings. The van der Waals surface area contributed by atoms with E-state index in [1.54, 1.807) is 19.0 Å². The molecule has 2 heterocycles. The molecule has 1 aliphatic rings. The molecule has 1 amide bonds. The SMILES string of the molecule is CN=C(NCCc1cccc(C(=O)NC)c1)NCCN1CCc2sccc2C1. The number of guanidine groups is 1. The van der Waals surface area contributed by atoms with Gasteiger partial charge in [-0.05, 0) is 47.5 Å². The first-order valence-electron chi connectivity index (χ1n) is 9.72. The average molecular weight is 400 g/mol. The molecule has 0 unspecified atom stereocenters. The van der Waals surface area contributed by atoms with E-state index in [-0.39, 0.29) is 5.91 Å². The summed E-state index contributed by atoms with van der Waals surface area (Å²) in [6.07, 6.45) is 1.99. The number of nitrogens with zero attached hydrogens (tertiary/aromatic N) is 2. The van der Waals surface area contributed by atoms with E-state index in [1.165, 1.54) is 5.56 Å². The minimum absolute atomic E-state index is 0.0560. The highest BCUT2D eigenvalue weighted by atomic mass is 32.1. The lowest BCUT2D eigenvalue weighted by Gasteiger charge is -2.27. The Morgan fingerprint density at radius 2 is 2.11 bits per heavy atom. The zero-order chi connectivity index (χ0) is 19.8. The first-order valence-corrected chi connectivity index (χ1v) is 10.6. The largest absolute Gasteiger partial charge is 0.356 e. The van der Waals surface area contributed by atoms with Crippen molar-refractivity contribution in [2.45, 2.75) is 19.4 Å². The Kier molecular flexibility index (Phi) is 7.45. The number of thiophene rings is 1. The maximum Gasteiger partial charge on any atom is 0.251 e. The van der Waals surface area contributed by atoms with Gasteiger partial charge in [-0.15, -0.1) is 11.3 Å². The van der Waals surface area contributed by atoms with Gasteiger partial charge in [0.15, 0.2) is 5.96 Å². The van der Waals surface area contributed by atoms with Crippen LogP contribution in [0.2, 0.25) is 0 Å². The van der Waals surface area contributed by atoms with Crippen molar-refractivity contribution in [2.75, 3.05) is 40.3 Å². The zero-order valence-corrected chi connectivity index (χ0v) is 17.4. The van der Waals surface area contributed by atoms with E-state index in [9.17, 15) is 4.79 Å². The summed E-state index contributed by atoms with van der Waals surface area (Å²) < 4.78 is 0. The number of fused-ring (bicyclic) bond motifs is 1. The van der Waals surface area contributed by atoms with Crippen LogP contribution in [0.25, 0.3) is 0 Å². The van der Waals surface area contributed by atoms with E-state index in [0.717, 1.165) is 57.1 Å². The van der Waals surface area contributed by atoms with Gasteiger partial charge in [0, 0.05) is 57.3 Å². The third kappa shape index (κ3) is 5.56. The number of carbonyl (C=O) groups excluding carboxylic acids is 1. The first kappa shape index (κ1) is 20.4. The van der Waals surface area contributed by atoms with Gasteiger partial charge in [0.25, 0.3) is 5.91 Å². The fourth-order valence-corrected chi connectivity index (χ4v) is 4.28. The molecule has 0 aliphatic carbocycles. The van der Waals surface area contributed by atoms with Gasteiger partial charge in [0.05, 0.1) is 0 Å². The van der Waals surface area contributed by atoms with Crippen molar-refractivity contribution in [3.8, 4) is 0 Å². The summed E-state index contributed by atoms with van der Waals surface area (Å²) in [6, 6.07) is 9.98. The molecule has 1 aromatic heterocycles. The van der Waals surface area contributed by atoms with Crippen LogP contribution in [-0.2, 0) is 19.4 Å². The number of aliphatic imine (C=N–C) groups is 1. The zero-order valence-electron chi connectivity index (χ0n) is 16.6. The van der Waals surface area contributed by atoms with E-state index in [4.69, 9.17) is 0 Å². The second-order valence-corrected chi connectivity index (χ2v) is 7.85. The lowest BCUT2D eigenvalue weighted by atomic mass is 10.1. The second kappa shape index (κ2) is 10.2. The van der Waals surface area contributed by atoms with Crippen LogP contribution in [-0.4, -0.2) is 57.0 Å². The third-order valence-electron chi connectivity index (χ3n) is 4.95. The molecule has 7 heteroatoms. The Morgan fingerprint density at radius 1 is 1.25 bits per heavy atom. The average Bonchev–Trinajstić information content (AvgIpc) is 3.20. The maximum atomic E-state index is 11.7. The Hall–Kier alpha value is -2.38. The van der Waals surface area contributed by atoms with Crippen molar-refractivity contribution < 1.29 is 4.79 Å². The number of rotatable bonds is 7. The monoisotopic (exact) mass is 399 g/mol. The van der Waals surface area contributed by atoms with Gasteiger partial charge >= 0.3 is 0 Å². The highest BCUT2D eigenvalue weighted by Gasteiger charge is 2.16. The van der Waals surface area contributed by atoms with E-state index in [2.05, 4.69) is 37.3 Å². The summed E-state index contributed by atoms with van der Waals surface area (Å²) in [5.74, 6) is 0.759. The molecule has 0 atom stereocenters. The lowest BCUT2D eigenvalue weighted by Crippen LogP contribution is -2.43. The molecular formula is C21H29N5OS. The molecule has 3 N–H and O–H groups in total. The molecule has 6 nitrogen and oxygen atoms in total. The van der Waals surface area contributed by atoms with Crippen molar-refractivity contribution in [3.63, 3.8) is 0 Å². The predicted molar refractivity (Wildman–Crippen MR) is 116 cm³/mol. The molecule has 28 heavy (non-hydrogen) atoms. The van der Waals surface area contributed by atoms with Crippen LogP contribution in [0.4, 0.5) is 0 Å². The van der Waals surface area contributed by atoms with Crippen LogP contribution in [0.5, 0.6) is 0 Å². The van der Waals surface area contributed by atoms with Crippen molar-refractivity contribution in [1.29, 1.82) is 0 Å². The number of hydrogen-bond acceptors (Lipinski definition) is 4. The molecule has 0 bridgehead atoms. The minimum Gasteiger partial charge on any atom is -0.356 e. The highest BCUT2D eigenvalue weighted by molar-refractivity contribution is 7.10. The fraction of sp³-hybridized carbons (Fsp3) is 0.429. The number of hydrogen-bond donors (Lipinski definition) is 3. The van der Waals surface area contributed by atoms with Gasteiger partial charge in [0.1, 0.15) is 0 Å². The Labute approximate surface area is 171 Å². The van der Waals surface area contributed by atoms with Crippen LogP contribution in [0, 0.1) is 0 Å². The van der Waals surface area contributed by atoms with Crippen LogP contribution in [0.3, 0.4) is 0 Å². The predicted octanol–water partition coefficient (Wildman–Crippen LogP) is 1.87. The second-order valence-electron chi connectivity index (χ2n) is 6.85. The lowest BCUT2D eigenvalue weighted by molar-refractivity contribution is 0.0963. The highest BCUT2D eigenvalue weighted by Crippen LogP contribution is 2.23. The van der Waals surface area contributed by atoms with Crippen LogP contribution < -0.4 is 16.0 Å². The van der Waals surface area contributed by atoms with Gasteiger partial charge in [-0.2, -0.15) is 0 Å². The molecule has 150 valence electrons. The number of carbonyl (C=O) groups is 1. The normalized spacial score (nSPS) is 14.4. The quantitative estimate of drug-likeness (QED) is 0.491. The number of nitrogens with one attached hydrogen (secondary N) is 3. The van der Waals surface area contributed by atoms with Crippen LogP contribution in [0.15, 0.2) is 40.7 Å². The van der Waals surface area contributed by atoms with Crippen molar-refractivity contribution in [2.24, 2.45) is 4.99 Å². The summed E-state index contributed by atoms with van der Waals surface area (Å²) in [4.78, 5) is 20.1. The molecule has 1 aromatic carbocycles. The molecule has 0 spiro atoms. The van der Waals surface area contributed by atoms with Gasteiger partial charge < -0.3 is 16.0 Å². The standard InChI is InChI=1S/C21H29N5OS/c1-22-20(27)17-5-3-4-16(14-17)6-9-24-21(23-2)25-10-12-26-11-7-19-18(15-26)8-13-28-19/h3-5,8,13-14H,6-7,9-12,15H2,1-2H3,(H,22,27)(H2,23,24,25). The minimum atomic E-state index is -0.0560. The van der Waals surface area contributed by atoms with E-state index in [1.807, 2.05) is 35.6 Å². The van der Waals surface area contributed by atoms with Crippen molar-refractivity contribution >= 4 is 23.2 Å². The van der Waals surface area contributed by atoms with Crippen LogP contribution >= 0.6 is 11.3 Å². The smallest absolute Gasteiger partial charge is 0.251 e. The van der Waals surface area contributed by atoms with E-state index < -0.39 is 0 Å². The Balaban J connectivity index is 1.38. The van der Waals surface area contributed by atoms with Crippen molar-refractivity contribution in [1.82, 2.24) is 20.9 Å². The van der Waals surface area contributed by atoms with Crippen LogP contribution in [0.1, 0.15) is 26.4 Å². The molecule has 0 saturated carbocycles. The Morgan fingerprint density at radius 3 is 2.93 bits per heavy atom. The summed E-state index contributed by atoms with van der Waals surface area (Å²) >= 11 is 1.88. The van der Waals surface area contributed by atoms with E-state index in [0.29, 0.717) is 5.56 Å². The van der Waals surface area contributed by atoms with E-state index >= 15 is 0 Å². The molecule has 3 rings (SSSR count). The molecule has 1 aliphatic heterocycles. The van der Waals surface area contributed by atoms with Gasteiger partial charge in [-0.3, -0.25) is 14.7 Å².